The number of fused-ring (bicyclic) bond motifs is 2. The minimum absolute atomic E-state index is 0.0206. The molecule has 1 unspecified atom stereocenters. The molecule has 0 amide bonds. The molecule has 0 aromatic heterocycles. The molecule has 0 fully saturated rings. The van der Waals surface area contributed by atoms with Crippen LogP contribution in [0.4, 0.5) is 0 Å². The summed E-state index contributed by atoms with van der Waals surface area (Å²) in [5.74, 6) is 2.13. The van der Waals surface area contributed by atoms with Gasteiger partial charge in [0.2, 0.25) is 12.5 Å². The molecule has 6 heteroatoms. The van der Waals surface area contributed by atoms with Crippen molar-refractivity contribution in [3.8, 4) is 17.2 Å². The molecule has 2 heterocycles. The quantitative estimate of drug-likeness (QED) is 0.291. The summed E-state index contributed by atoms with van der Waals surface area (Å²) in [7, 11) is 3.75. The highest BCUT2D eigenvalue weighted by molar-refractivity contribution is 5.95. The van der Waals surface area contributed by atoms with Crippen LogP contribution in [-0.4, -0.2) is 43.3 Å². The van der Waals surface area contributed by atoms with Gasteiger partial charge in [-0.2, -0.15) is 0 Å². The minimum atomic E-state index is -0.0206. The fraction of sp³-hybridized carbons (Fsp3) is 0.542. The fourth-order valence-corrected chi connectivity index (χ4v) is 3.98. The number of benzene rings is 1. The van der Waals surface area contributed by atoms with Crippen LogP contribution in [0.3, 0.4) is 0 Å². The van der Waals surface area contributed by atoms with E-state index < -0.39 is 0 Å². The van der Waals surface area contributed by atoms with Crippen LogP contribution >= 0.6 is 0 Å². The van der Waals surface area contributed by atoms with Crippen LogP contribution in [0.2, 0.25) is 0 Å². The van der Waals surface area contributed by atoms with Gasteiger partial charge in [0, 0.05) is 24.6 Å². The smallest absolute Gasteiger partial charge is 0.231 e. The molecule has 164 valence electrons. The molecular weight excluding hydrogens is 380 g/mol. The molecule has 0 radical (unpaired) electrons. The van der Waals surface area contributed by atoms with E-state index in [1.165, 1.54) is 11.1 Å². The van der Waals surface area contributed by atoms with Gasteiger partial charge in [0.05, 0.1) is 12.8 Å². The highest BCUT2D eigenvalue weighted by atomic mass is 16.7. The van der Waals surface area contributed by atoms with Gasteiger partial charge in [0.15, 0.2) is 11.5 Å². The van der Waals surface area contributed by atoms with Crippen LogP contribution in [0.15, 0.2) is 35.0 Å². The summed E-state index contributed by atoms with van der Waals surface area (Å²) in [6, 6.07) is 2.09. The van der Waals surface area contributed by atoms with Crippen molar-refractivity contribution in [3.63, 3.8) is 0 Å². The Morgan fingerprint density at radius 2 is 2.13 bits per heavy atom. The second kappa shape index (κ2) is 9.13. The fourth-order valence-electron chi connectivity index (χ4n) is 3.98. The standard InChI is InChI=1S/C24H34N2O4/c1-16(2)7-10-24(3,4)11-8-18(25-27)14-19-21-17(9-12-26(19)5)13-20-22(23(21)28-6)30-15-29-20/h7-8,11,13,19,27H,9-10,12,14-15H2,1-6H3/b11-8+,25-18+. The molecule has 1 atom stereocenters. The first kappa shape index (κ1) is 22.2. The maximum absolute atomic E-state index is 9.72. The van der Waals surface area contributed by atoms with Crippen LogP contribution in [0, 0.1) is 5.41 Å². The average molecular weight is 415 g/mol. The van der Waals surface area contributed by atoms with Crippen molar-refractivity contribution < 1.29 is 19.4 Å². The Morgan fingerprint density at radius 3 is 2.80 bits per heavy atom. The van der Waals surface area contributed by atoms with Crippen molar-refractivity contribution >= 4 is 5.71 Å². The summed E-state index contributed by atoms with van der Waals surface area (Å²) in [6.45, 7) is 9.70. The number of likely N-dealkylation sites (N-methyl/N-ethyl adjacent to an activating group) is 1. The molecule has 1 aromatic rings. The van der Waals surface area contributed by atoms with Crippen molar-refractivity contribution in [1.82, 2.24) is 4.90 Å². The summed E-state index contributed by atoms with van der Waals surface area (Å²) in [5.41, 5.74) is 4.22. The maximum Gasteiger partial charge on any atom is 0.231 e. The zero-order chi connectivity index (χ0) is 21.9. The number of ether oxygens (including phenoxy) is 3. The molecule has 1 N–H and O–H groups in total. The van der Waals surface area contributed by atoms with Gasteiger partial charge in [-0.1, -0.05) is 36.7 Å². The van der Waals surface area contributed by atoms with Crippen molar-refractivity contribution in [2.75, 3.05) is 27.5 Å². The van der Waals surface area contributed by atoms with E-state index in [2.05, 4.69) is 63.0 Å². The Labute approximate surface area is 179 Å². The lowest BCUT2D eigenvalue weighted by Gasteiger charge is -2.35. The van der Waals surface area contributed by atoms with Crippen molar-refractivity contribution in [1.29, 1.82) is 0 Å². The predicted octanol–water partition coefficient (Wildman–Crippen LogP) is 5.11. The van der Waals surface area contributed by atoms with Crippen LogP contribution in [0.1, 0.15) is 57.7 Å². The lowest BCUT2D eigenvalue weighted by molar-refractivity contribution is 0.170. The number of oxime groups is 1. The maximum atomic E-state index is 9.72. The third-order valence-corrected chi connectivity index (χ3v) is 5.84. The Kier molecular flexibility index (Phi) is 6.76. The van der Waals surface area contributed by atoms with Gasteiger partial charge in [-0.25, -0.2) is 0 Å². The third kappa shape index (κ3) is 4.81. The van der Waals surface area contributed by atoms with Gasteiger partial charge in [0.1, 0.15) is 0 Å². The third-order valence-electron chi connectivity index (χ3n) is 5.84. The topological polar surface area (TPSA) is 63.5 Å². The Bertz CT molecular complexity index is 866. The van der Waals surface area contributed by atoms with Crippen molar-refractivity contribution in [2.24, 2.45) is 10.6 Å². The highest BCUT2D eigenvalue weighted by Gasteiger charge is 2.34. The van der Waals surface area contributed by atoms with E-state index in [0.717, 1.165) is 36.4 Å². The number of nitrogens with zero attached hydrogens (tertiary/aromatic N) is 2. The Balaban J connectivity index is 1.88. The van der Waals surface area contributed by atoms with Gasteiger partial charge in [-0.15, -0.1) is 0 Å². The Morgan fingerprint density at radius 1 is 1.37 bits per heavy atom. The molecule has 2 aliphatic heterocycles. The molecule has 0 bridgehead atoms. The molecule has 0 saturated heterocycles. The molecule has 0 spiro atoms. The van der Waals surface area contributed by atoms with E-state index in [1.54, 1.807) is 7.11 Å². The minimum Gasteiger partial charge on any atom is -0.492 e. The Hall–Kier alpha value is -2.47. The first-order valence-corrected chi connectivity index (χ1v) is 10.5. The van der Waals surface area contributed by atoms with Gasteiger partial charge in [-0.3, -0.25) is 4.90 Å². The van der Waals surface area contributed by atoms with Crippen molar-refractivity contribution in [2.45, 2.75) is 53.0 Å². The summed E-state index contributed by atoms with van der Waals surface area (Å²) >= 11 is 0. The lowest BCUT2D eigenvalue weighted by Crippen LogP contribution is -2.33. The molecule has 0 saturated carbocycles. The monoisotopic (exact) mass is 414 g/mol. The van der Waals surface area contributed by atoms with Crippen LogP contribution in [0.5, 0.6) is 17.2 Å². The van der Waals surface area contributed by atoms with Crippen molar-refractivity contribution in [3.05, 3.63) is 41.0 Å². The molecule has 6 nitrogen and oxygen atoms in total. The normalized spacial score (nSPS) is 19.1. The van der Waals surface area contributed by atoms with Gasteiger partial charge < -0.3 is 19.4 Å². The van der Waals surface area contributed by atoms with Crippen LogP contribution < -0.4 is 14.2 Å². The highest BCUT2D eigenvalue weighted by Crippen LogP contribution is 2.50. The van der Waals surface area contributed by atoms with E-state index >= 15 is 0 Å². The first-order valence-electron chi connectivity index (χ1n) is 10.5. The first-order chi connectivity index (χ1) is 14.3. The molecular formula is C24H34N2O4. The zero-order valence-corrected chi connectivity index (χ0v) is 19.0. The molecule has 2 aliphatic rings. The van der Waals surface area contributed by atoms with E-state index in [4.69, 9.17) is 14.2 Å². The number of rotatable bonds is 7. The van der Waals surface area contributed by atoms with E-state index in [-0.39, 0.29) is 18.2 Å². The van der Waals surface area contributed by atoms with Gasteiger partial charge >= 0.3 is 0 Å². The molecule has 3 rings (SSSR count). The van der Waals surface area contributed by atoms with Gasteiger partial charge in [0.25, 0.3) is 0 Å². The molecule has 0 aliphatic carbocycles. The lowest BCUT2D eigenvalue weighted by atomic mass is 9.86. The van der Waals surface area contributed by atoms with E-state index in [1.807, 2.05) is 6.08 Å². The zero-order valence-electron chi connectivity index (χ0n) is 19.0. The van der Waals surface area contributed by atoms with Gasteiger partial charge in [-0.05, 0) is 56.9 Å². The molecule has 30 heavy (non-hydrogen) atoms. The molecule has 1 aromatic carbocycles. The van der Waals surface area contributed by atoms with E-state index in [0.29, 0.717) is 17.9 Å². The summed E-state index contributed by atoms with van der Waals surface area (Å²) in [4.78, 5) is 2.28. The number of hydrogen-bond acceptors (Lipinski definition) is 6. The predicted molar refractivity (Wildman–Crippen MR) is 119 cm³/mol. The summed E-state index contributed by atoms with van der Waals surface area (Å²) < 4.78 is 17.0. The summed E-state index contributed by atoms with van der Waals surface area (Å²) in [5, 5.41) is 13.3. The van der Waals surface area contributed by atoms with Crippen LogP contribution in [-0.2, 0) is 6.42 Å². The average Bonchev–Trinajstić information content (AvgIpc) is 3.17. The number of hydrogen-bond donors (Lipinski definition) is 1. The SMILES string of the molecule is COc1c2c(cc3c1C(CC(/C=C/C(C)(C)CC=C(C)C)=N/O)N(C)CC3)OCO2. The largest absolute Gasteiger partial charge is 0.492 e. The number of methoxy groups -OCH3 is 1. The summed E-state index contributed by atoms with van der Waals surface area (Å²) in [6.07, 6.45) is 8.73. The second-order valence-corrected chi connectivity index (χ2v) is 9.07. The second-order valence-electron chi connectivity index (χ2n) is 9.07. The van der Waals surface area contributed by atoms with E-state index in [9.17, 15) is 5.21 Å². The van der Waals surface area contributed by atoms with Crippen LogP contribution in [0.25, 0.3) is 0 Å². The number of allylic oxidation sites excluding steroid dienone is 4.